The van der Waals surface area contributed by atoms with Crippen molar-refractivity contribution in [1.29, 1.82) is 0 Å². The van der Waals surface area contributed by atoms with E-state index in [-0.39, 0.29) is 24.0 Å². The number of rotatable bonds is 6. The highest BCUT2D eigenvalue weighted by molar-refractivity contribution is 7.98. The van der Waals surface area contributed by atoms with Crippen LogP contribution in [0.15, 0.2) is 34.8 Å². The van der Waals surface area contributed by atoms with Gasteiger partial charge in [-0.2, -0.15) is 0 Å². The van der Waals surface area contributed by atoms with Gasteiger partial charge in [0.2, 0.25) is 0 Å². The first-order chi connectivity index (χ1) is 11.6. The Morgan fingerprint density at radius 1 is 1.29 bits per heavy atom. The fourth-order valence-corrected chi connectivity index (χ4v) is 3.70. The summed E-state index contributed by atoms with van der Waals surface area (Å²) in [4.78, 5) is 8.89. The number of aliphatic hydroxyl groups excluding tert-OH is 1. The van der Waals surface area contributed by atoms with Crippen LogP contribution in [-0.2, 0) is 5.75 Å². The van der Waals surface area contributed by atoms with Crippen LogP contribution in [0.5, 0.6) is 0 Å². The van der Waals surface area contributed by atoms with E-state index < -0.39 is 11.6 Å². The van der Waals surface area contributed by atoms with Gasteiger partial charge in [0.1, 0.15) is 5.82 Å². The third-order valence-corrected chi connectivity index (χ3v) is 5.13. The molecule has 1 atom stereocenters. The van der Waals surface area contributed by atoms with Crippen LogP contribution in [-0.4, -0.2) is 27.7 Å². The van der Waals surface area contributed by atoms with E-state index in [1.165, 1.54) is 29.2 Å². The van der Waals surface area contributed by atoms with Crippen LogP contribution < -0.4 is 5.32 Å². The lowest BCUT2D eigenvalue weighted by molar-refractivity contribution is 0.281. The van der Waals surface area contributed by atoms with Crippen molar-refractivity contribution in [1.82, 2.24) is 9.97 Å². The summed E-state index contributed by atoms with van der Waals surface area (Å²) in [6, 6.07) is 5.84. The smallest absolute Gasteiger partial charge is 0.190 e. The molecular weight excluding hydrogens is 352 g/mol. The number of nitrogens with zero attached hydrogens (tertiary/aromatic N) is 2. The van der Waals surface area contributed by atoms with Crippen LogP contribution in [0, 0.1) is 11.6 Å². The fraction of sp³-hybridized carbons (Fsp3) is 0.250. The summed E-state index contributed by atoms with van der Waals surface area (Å²) >= 11 is 2.74. The largest absolute Gasteiger partial charge is 0.394 e. The van der Waals surface area contributed by atoms with Crippen molar-refractivity contribution in [2.45, 2.75) is 23.9 Å². The average molecular weight is 367 g/mol. The lowest BCUT2D eigenvalue weighted by atomic mass is 10.2. The Balaban J connectivity index is 1.85. The molecule has 2 heterocycles. The van der Waals surface area contributed by atoms with Crippen LogP contribution >= 0.6 is 23.1 Å². The van der Waals surface area contributed by atoms with E-state index in [4.69, 9.17) is 0 Å². The third kappa shape index (κ3) is 3.66. The van der Waals surface area contributed by atoms with E-state index in [1.54, 1.807) is 6.07 Å². The standard InChI is InChI=1S/C16H15F2N3OS2/c1-9(7-22)19-15-14-12(5-6-23-14)20-16(21-15)24-8-10-3-2-4-11(17)13(10)18/h2-6,9,22H,7-8H2,1H3,(H,19,20,21)/t9-/m1/s1. The summed E-state index contributed by atoms with van der Waals surface area (Å²) < 4.78 is 27.9. The molecule has 24 heavy (non-hydrogen) atoms. The number of hydrogen-bond donors (Lipinski definition) is 2. The number of thiophene rings is 1. The van der Waals surface area contributed by atoms with Crippen LogP contribution in [0.25, 0.3) is 10.2 Å². The Labute approximate surface area is 146 Å². The summed E-state index contributed by atoms with van der Waals surface area (Å²) in [5.74, 6) is -0.831. The van der Waals surface area contributed by atoms with Gasteiger partial charge < -0.3 is 10.4 Å². The first-order valence-corrected chi connectivity index (χ1v) is 9.13. The van der Waals surface area contributed by atoms with Crippen molar-refractivity contribution in [3.05, 3.63) is 46.8 Å². The van der Waals surface area contributed by atoms with Gasteiger partial charge in [-0.05, 0) is 24.4 Å². The highest BCUT2D eigenvalue weighted by Crippen LogP contribution is 2.30. The Bertz CT molecular complexity index is 856. The molecule has 0 aliphatic rings. The van der Waals surface area contributed by atoms with Gasteiger partial charge in [0, 0.05) is 17.4 Å². The molecule has 0 bridgehead atoms. The van der Waals surface area contributed by atoms with Gasteiger partial charge in [-0.15, -0.1) is 11.3 Å². The number of halogens is 2. The Hall–Kier alpha value is -1.77. The molecule has 0 saturated heterocycles. The number of benzene rings is 1. The molecule has 1 aromatic carbocycles. The summed E-state index contributed by atoms with van der Waals surface area (Å²) in [6.07, 6.45) is 0. The molecule has 126 valence electrons. The van der Waals surface area contributed by atoms with Gasteiger partial charge in [-0.25, -0.2) is 18.7 Å². The second kappa shape index (κ2) is 7.42. The minimum Gasteiger partial charge on any atom is -0.394 e. The van der Waals surface area contributed by atoms with Crippen LogP contribution in [0.4, 0.5) is 14.6 Å². The van der Waals surface area contributed by atoms with Crippen LogP contribution in [0.3, 0.4) is 0 Å². The molecule has 8 heteroatoms. The number of anilines is 1. The summed E-state index contributed by atoms with van der Waals surface area (Å²) in [5, 5.41) is 14.7. The highest BCUT2D eigenvalue weighted by atomic mass is 32.2. The van der Waals surface area contributed by atoms with Gasteiger partial charge in [-0.3, -0.25) is 0 Å². The molecule has 0 radical (unpaired) electrons. The lowest BCUT2D eigenvalue weighted by Gasteiger charge is -2.13. The molecule has 0 amide bonds. The second-order valence-electron chi connectivity index (χ2n) is 5.22. The van der Waals surface area contributed by atoms with Gasteiger partial charge in [0.05, 0.1) is 16.8 Å². The minimum absolute atomic E-state index is 0.0200. The SMILES string of the molecule is C[C@H](CO)Nc1nc(SCc2cccc(F)c2F)nc2ccsc12. The molecule has 0 fully saturated rings. The lowest BCUT2D eigenvalue weighted by Crippen LogP contribution is -2.20. The zero-order chi connectivity index (χ0) is 17.1. The minimum atomic E-state index is -0.860. The van der Waals surface area contributed by atoms with Crippen molar-refractivity contribution in [3.8, 4) is 0 Å². The zero-order valence-electron chi connectivity index (χ0n) is 12.8. The van der Waals surface area contributed by atoms with Crippen molar-refractivity contribution in [2.24, 2.45) is 0 Å². The quantitative estimate of drug-likeness (QED) is 0.508. The van der Waals surface area contributed by atoms with Crippen molar-refractivity contribution in [3.63, 3.8) is 0 Å². The Morgan fingerprint density at radius 2 is 2.12 bits per heavy atom. The van der Waals surface area contributed by atoms with Gasteiger partial charge >= 0.3 is 0 Å². The molecule has 0 spiro atoms. The monoisotopic (exact) mass is 367 g/mol. The molecule has 0 aliphatic carbocycles. The molecule has 4 nitrogen and oxygen atoms in total. The maximum atomic E-state index is 13.7. The normalized spacial score (nSPS) is 12.5. The predicted octanol–water partition coefficient (Wildman–Crippen LogP) is 4.05. The fourth-order valence-electron chi connectivity index (χ4n) is 2.09. The molecule has 3 aromatic rings. The second-order valence-corrected chi connectivity index (χ2v) is 7.08. The third-order valence-electron chi connectivity index (χ3n) is 3.33. The Morgan fingerprint density at radius 3 is 2.92 bits per heavy atom. The number of nitrogens with one attached hydrogen (secondary N) is 1. The van der Waals surface area contributed by atoms with Crippen LogP contribution in [0.2, 0.25) is 0 Å². The highest BCUT2D eigenvalue weighted by Gasteiger charge is 2.13. The Kier molecular flexibility index (Phi) is 5.27. The number of aliphatic hydroxyl groups is 1. The number of hydrogen-bond acceptors (Lipinski definition) is 6. The van der Waals surface area contributed by atoms with Crippen molar-refractivity contribution < 1.29 is 13.9 Å². The maximum absolute atomic E-state index is 13.7. The topological polar surface area (TPSA) is 58.0 Å². The number of fused-ring (bicyclic) bond motifs is 1. The molecule has 0 aliphatic heterocycles. The summed E-state index contributed by atoms with van der Waals surface area (Å²) in [5.41, 5.74) is 1.05. The molecule has 2 N–H and O–H groups in total. The summed E-state index contributed by atoms with van der Waals surface area (Å²) in [6.45, 7) is 1.82. The molecular formula is C16H15F2N3OS2. The van der Waals surface area contributed by atoms with Gasteiger partial charge in [0.25, 0.3) is 0 Å². The number of aromatic nitrogens is 2. The molecule has 3 rings (SSSR count). The van der Waals surface area contributed by atoms with E-state index in [2.05, 4.69) is 15.3 Å². The van der Waals surface area contributed by atoms with E-state index in [1.807, 2.05) is 18.4 Å². The van der Waals surface area contributed by atoms with E-state index >= 15 is 0 Å². The molecule has 2 aromatic heterocycles. The average Bonchev–Trinajstić information content (AvgIpc) is 3.05. The number of thioether (sulfide) groups is 1. The van der Waals surface area contributed by atoms with Gasteiger partial charge in [0.15, 0.2) is 16.8 Å². The maximum Gasteiger partial charge on any atom is 0.190 e. The first kappa shape index (κ1) is 17.1. The molecule has 0 unspecified atom stereocenters. The van der Waals surface area contributed by atoms with Gasteiger partial charge in [-0.1, -0.05) is 23.9 Å². The van der Waals surface area contributed by atoms with Crippen LogP contribution in [0.1, 0.15) is 12.5 Å². The first-order valence-electron chi connectivity index (χ1n) is 7.27. The predicted molar refractivity (Wildman–Crippen MR) is 93.5 cm³/mol. The van der Waals surface area contributed by atoms with E-state index in [9.17, 15) is 13.9 Å². The summed E-state index contributed by atoms with van der Waals surface area (Å²) in [7, 11) is 0. The zero-order valence-corrected chi connectivity index (χ0v) is 14.4. The van der Waals surface area contributed by atoms with Crippen molar-refractivity contribution in [2.75, 3.05) is 11.9 Å². The van der Waals surface area contributed by atoms with Crippen molar-refractivity contribution >= 4 is 39.1 Å². The van der Waals surface area contributed by atoms with E-state index in [0.29, 0.717) is 11.0 Å². The molecule has 0 saturated carbocycles. The van der Waals surface area contributed by atoms with E-state index in [0.717, 1.165) is 16.3 Å².